The fourth-order valence-electron chi connectivity index (χ4n) is 17.6. The normalized spacial score (nSPS) is 20.7. The van der Waals surface area contributed by atoms with Gasteiger partial charge in [0, 0.05) is 79.2 Å². The fraction of sp³-hybridized carbons (Fsp3) is 0.510. The minimum atomic E-state index is 0.190. The summed E-state index contributed by atoms with van der Waals surface area (Å²) in [5.41, 5.74) is 22.9. The molecule has 18 rings (SSSR count). The van der Waals surface area contributed by atoms with Gasteiger partial charge in [-0.05, 0) is 259 Å². The number of nitrogens with one attached hydrogen (secondary N) is 5. The molecule has 9 aliphatic rings. The van der Waals surface area contributed by atoms with E-state index in [9.17, 15) is 0 Å². The van der Waals surface area contributed by atoms with Crippen LogP contribution in [0, 0.1) is 65.1 Å². The first-order valence-corrected chi connectivity index (χ1v) is 44.3. The minimum Gasteiger partial charge on any atom is -0.486 e. The van der Waals surface area contributed by atoms with E-state index < -0.39 is 0 Å². The lowest BCUT2D eigenvalue weighted by molar-refractivity contribution is 0.0591. The van der Waals surface area contributed by atoms with Gasteiger partial charge in [0.05, 0.1) is 23.1 Å². The van der Waals surface area contributed by atoms with Crippen LogP contribution in [0.3, 0.4) is 0 Å². The van der Waals surface area contributed by atoms with Gasteiger partial charge in [-0.1, -0.05) is 258 Å². The number of hydrogen-bond acceptors (Lipinski definition) is 10. The summed E-state index contributed by atoms with van der Waals surface area (Å²) in [7, 11) is 0. The maximum absolute atomic E-state index is 5.77. The summed E-state index contributed by atoms with van der Waals surface area (Å²) < 4.78 is 11.3. The molecule has 5 N–H and O–H groups in total. The van der Waals surface area contributed by atoms with Gasteiger partial charge >= 0.3 is 0 Å². The summed E-state index contributed by atoms with van der Waals surface area (Å²) in [5, 5.41) is 17.5. The third-order valence-electron chi connectivity index (χ3n) is 25.3. The molecule has 9 aromatic rings. The van der Waals surface area contributed by atoms with Crippen LogP contribution in [0.15, 0.2) is 201 Å². The van der Waals surface area contributed by atoms with Crippen LogP contribution in [0.2, 0.25) is 0 Å². The smallest absolute Gasteiger partial charge is 0.161 e. The molecule has 9 heterocycles. The number of rotatable bonds is 9. The zero-order valence-corrected chi connectivity index (χ0v) is 73.1. The van der Waals surface area contributed by atoms with E-state index in [-0.39, 0.29) is 6.10 Å². The summed E-state index contributed by atoms with van der Waals surface area (Å²) in [6, 6.07) is 66.0. The highest BCUT2D eigenvalue weighted by molar-refractivity contribution is 5.57. The van der Waals surface area contributed by atoms with Crippen molar-refractivity contribution in [2.24, 2.45) is 65.1 Å². The molecule has 8 atom stereocenters. The maximum Gasteiger partial charge on any atom is 0.161 e. The van der Waals surface area contributed by atoms with Crippen LogP contribution in [0.5, 0.6) is 11.5 Å². The number of fused-ring (bicyclic) bond motifs is 9. The second-order valence-corrected chi connectivity index (χ2v) is 36.5. The highest BCUT2D eigenvalue weighted by Crippen LogP contribution is 2.40. The highest BCUT2D eigenvalue weighted by Gasteiger charge is 2.30. The van der Waals surface area contributed by atoms with Crippen molar-refractivity contribution < 1.29 is 9.47 Å². The van der Waals surface area contributed by atoms with Crippen LogP contribution < -0.4 is 36.1 Å². The Morgan fingerprint density at radius 3 is 1.44 bits per heavy atom. The zero-order valence-electron chi connectivity index (χ0n) is 73.1. The lowest BCUT2D eigenvalue weighted by Gasteiger charge is -2.29. The number of aromatic nitrogens is 3. The summed E-state index contributed by atoms with van der Waals surface area (Å²) >= 11 is 0. The molecule has 0 saturated heterocycles. The molecule has 0 spiro atoms. The Hall–Kier alpha value is -8.31. The molecule has 612 valence electrons. The largest absolute Gasteiger partial charge is 0.486 e. The molecule has 0 fully saturated rings. The highest BCUT2D eigenvalue weighted by atomic mass is 16.6. The first kappa shape index (κ1) is 88.1. The molecule has 10 heteroatoms. The number of ether oxygens (including phenoxy) is 2. The Morgan fingerprint density at radius 2 is 0.825 bits per heavy atom. The Kier molecular flexibility index (Phi) is 34.1. The van der Waals surface area contributed by atoms with E-state index in [1.54, 1.807) is 33.4 Å². The van der Waals surface area contributed by atoms with Gasteiger partial charge in [-0.25, -0.2) is 0 Å². The summed E-state index contributed by atoms with van der Waals surface area (Å²) in [6.07, 6.45) is 21.1. The topological polar surface area (TPSA) is 117 Å². The van der Waals surface area contributed by atoms with E-state index in [1.807, 2.05) is 61.1 Å². The lowest BCUT2D eigenvalue weighted by Crippen LogP contribution is -2.33. The van der Waals surface area contributed by atoms with Crippen molar-refractivity contribution in [2.45, 2.75) is 250 Å². The second kappa shape index (κ2) is 44.1. The molecule has 10 nitrogen and oxygen atoms in total. The number of nitrogens with zero attached hydrogens (tertiary/aromatic N) is 3. The van der Waals surface area contributed by atoms with Crippen LogP contribution in [0.4, 0.5) is 17.1 Å². The predicted molar refractivity (Wildman–Crippen MR) is 484 cm³/mol. The average molecular weight is 1540 g/mol. The van der Waals surface area contributed by atoms with Gasteiger partial charge in [-0.3, -0.25) is 15.0 Å². The van der Waals surface area contributed by atoms with Crippen LogP contribution in [-0.2, 0) is 57.9 Å². The third-order valence-corrected chi connectivity index (χ3v) is 25.3. The Balaban J connectivity index is 0.000000136. The quantitative estimate of drug-likeness (QED) is 0.0956. The van der Waals surface area contributed by atoms with Gasteiger partial charge in [0.15, 0.2) is 11.5 Å². The first-order chi connectivity index (χ1) is 55.0. The Bertz CT molecular complexity index is 3920. The SMILES string of the molecule is CC(C)C1CCNc2cccnc21.CC(C)C1CCc2ccccc21.CC(C)C1CCc2ccccc2C1.CC(C)C1CCc2ccccc2N1.CC(C)C1CNCc2cccnc21.CC(C)C1COc2ccccc2O1.CC(C)C1Cc2ccccc2C1.CC(C)C1Cc2ccccc2N1.CC(C)C1NCCc2cccnc21. The molecule has 0 radical (unpaired) electrons. The second-order valence-electron chi connectivity index (χ2n) is 36.5. The van der Waals surface area contributed by atoms with Crippen LogP contribution in [0.25, 0.3) is 0 Å². The molecule has 6 aromatic carbocycles. The van der Waals surface area contributed by atoms with Gasteiger partial charge in [0.25, 0.3) is 0 Å². The Labute approximate surface area is 690 Å². The molecule has 0 bridgehead atoms. The van der Waals surface area contributed by atoms with Crippen molar-refractivity contribution in [1.29, 1.82) is 0 Å². The van der Waals surface area contributed by atoms with Crippen LogP contribution >= 0.6 is 0 Å². The monoisotopic (exact) mass is 1540 g/mol. The standard InChI is InChI=1S/C13H18.C12H17N.2C12H16.3C11H16N2.C11H15N.C11H14O2/c1-10(2)12-8-7-11-5-3-4-6-13(11)9-12;1-9(2)11-8-7-10-5-3-4-6-12(10)13-11;1-9(2)12-7-10-5-3-4-6-11(10)8-12;1-9(2)11-8-7-10-5-3-4-6-12(10)11;1-8(2)9-5-7-12-10-4-3-6-13-11(9)10;1-8(2)10-11-9(5-7-13-10)4-3-6-12-11;1-8(2)10-7-12-6-9-4-3-5-13-11(9)10;1-8(2)11-7-9-5-3-4-6-10(9)12-11;1-8(2)11-7-12-9-5-3-4-6-10(9)13-11/h3-6,10,12H,7-9H2,1-2H3;3-6,9,11,13H,7-8H2,1-2H3;3-6,9,12H,7-8H2,1-2H3;3-6,9,11H,7-8H2,1-2H3;3-4,6,8-9,12H,5,7H2,1-2H3;3-4,6,8,10,13H,5,7H2,1-2H3;3-5,8,10,12H,6-7H2,1-2H3;3-6,8,11-12H,7H2,1-2H3;3-6,8,11H,7H2,1-2H3. The number of aryl methyl sites for hydroxylation is 3. The molecule has 0 saturated carbocycles. The lowest BCUT2D eigenvalue weighted by atomic mass is 9.78. The first-order valence-electron chi connectivity index (χ1n) is 44.3. The summed E-state index contributed by atoms with van der Waals surface area (Å²) in [4.78, 5) is 13.4. The molecule has 3 aliphatic carbocycles. The Morgan fingerprint density at radius 1 is 0.333 bits per heavy atom. The zero-order chi connectivity index (χ0) is 81.2. The van der Waals surface area contributed by atoms with E-state index in [4.69, 9.17) is 9.47 Å². The van der Waals surface area contributed by atoms with Gasteiger partial charge in [-0.15, -0.1) is 0 Å². The van der Waals surface area contributed by atoms with Gasteiger partial charge in [0.1, 0.15) is 12.7 Å². The molecule has 8 unspecified atom stereocenters. The van der Waals surface area contributed by atoms with Crippen LogP contribution in [0.1, 0.15) is 247 Å². The molecule has 114 heavy (non-hydrogen) atoms. The summed E-state index contributed by atoms with van der Waals surface area (Å²) in [6.45, 7) is 45.8. The molecule has 3 aromatic heterocycles. The number of hydrogen-bond donors (Lipinski definition) is 5. The van der Waals surface area contributed by atoms with Gasteiger partial charge in [-0.2, -0.15) is 0 Å². The molecular weight excluding hydrogens is 1390 g/mol. The number of benzene rings is 6. The number of para-hydroxylation sites is 4. The van der Waals surface area contributed by atoms with E-state index in [0.717, 1.165) is 91.4 Å². The fourth-order valence-corrected chi connectivity index (χ4v) is 17.6. The molecule has 0 amide bonds. The van der Waals surface area contributed by atoms with Crippen molar-refractivity contribution >= 4 is 17.1 Å². The van der Waals surface area contributed by atoms with E-state index >= 15 is 0 Å². The van der Waals surface area contributed by atoms with Gasteiger partial charge in [0.2, 0.25) is 0 Å². The molecule has 6 aliphatic heterocycles. The number of pyridine rings is 3. The van der Waals surface area contributed by atoms with Gasteiger partial charge < -0.3 is 36.1 Å². The van der Waals surface area contributed by atoms with Crippen molar-refractivity contribution in [3.63, 3.8) is 0 Å². The van der Waals surface area contributed by atoms with Crippen molar-refractivity contribution in [3.8, 4) is 11.5 Å². The molecular formula is C104H144N8O2. The predicted octanol–water partition coefficient (Wildman–Crippen LogP) is 24.6. The van der Waals surface area contributed by atoms with Crippen molar-refractivity contribution in [3.05, 3.63) is 273 Å². The number of anilines is 3. The maximum atomic E-state index is 5.77. The minimum absolute atomic E-state index is 0.190. The van der Waals surface area contributed by atoms with Crippen molar-refractivity contribution in [2.75, 3.05) is 42.2 Å². The van der Waals surface area contributed by atoms with Crippen molar-refractivity contribution in [1.82, 2.24) is 25.6 Å². The third kappa shape index (κ3) is 25.1. The average Bonchev–Trinajstić information content (AvgIpc) is 1.68. The van der Waals surface area contributed by atoms with E-state index in [1.165, 1.54) is 127 Å². The van der Waals surface area contributed by atoms with Crippen LogP contribution in [-0.4, -0.2) is 59.4 Å². The van der Waals surface area contributed by atoms with E-state index in [2.05, 4.69) is 306 Å². The van der Waals surface area contributed by atoms with E-state index in [0.29, 0.717) is 60.2 Å². The summed E-state index contributed by atoms with van der Waals surface area (Å²) in [5.74, 6) is 12.0.